The van der Waals surface area contributed by atoms with Crippen molar-refractivity contribution in [3.63, 3.8) is 0 Å². The van der Waals surface area contributed by atoms with E-state index in [1.165, 1.54) is 0 Å². The van der Waals surface area contributed by atoms with Crippen molar-refractivity contribution in [1.82, 2.24) is 15.6 Å². The number of fused-ring (bicyclic) bond motifs is 1. The number of H-pyrrole nitrogens is 1. The van der Waals surface area contributed by atoms with Crippen molar-refractivity contribution in [1.29, 1.82) is 0 Å². The molecule has 0 radical (unpaired) electrons. The highest BCUT2D eigenvalue weighted by Gasteiger charge is 2.31. The molecule has 2 amide bonds. The molecule has 3 atom stereocenters. The number of benzene rings is 2. The molecule has 1 unspecified atom stereocenters. The monoisotopic (exact) mass is 391 g/mol. The van der Waals surface area contributed by atoms with E-state index in [4.69, 9.17) is 0 Å². The van der Waals surface area contributed by atoms with Gasteiger partial charge < -0.3 is 20.7 Å². The number of nitrogens with one attached hydrogen (secondary N) is 3. The molecule has 1 aliphatic rings. The van der Waals surface area contributed by atoms with Crippen molar-refractivity contribution in [2.24, 2.45) is 0 Å². The molecule has 1 aliphatic carbocycles. The molecule has 150 valence electrons. The van der Waals surface area contributed by atoms with E-state index in [2.05, 4.69) is 15.6 Å². The van der Waals surface area contributed by atoms with E-state index < -0.39 is 0 Å². The first-order chi connectivity index (χ1) is 14.0. The summed E-state index contributed by atoms with van der Waals surface area (Å²) in [5.74, 6) is -0.500. The maximum Gasteiger partial charge on any atom is 0.268 e. The summed E-state index contributed by atoms with van der Waals surface area (Å²) in [4.78, 5) is 28.6. The molecule has 1 aromatic heterocycles. The molecule has 0 bridgehead atoms. The van der Waals surface area contributed by atoms with E-state index in [1.807, 2.05) is 43.3 Å². The second kappa shape index (κ2) is 7.99. The number of hydrogen-bond donors (Lipinski definition) is 4. The number of aromatic amines is 1. The third-order valence-electron chi connectivity index (χ3n) is 5.70. The molecule has 6 nitrogen and oxygen atoms in total. The normalized spacial score (nSPS) is 19.8. The minimum Gasteiger partial charge on any atom is -0.508 e. The van der Waals surface area contributed by atoms with Crippen LogP contribution in [0.5, 0.6) is 5.75 Å². The van der Waals surface area contributed by atoms with Crippen LogP contribution in [0.4, 0.5) is 0 Å². The number of phenolic OH excluding ortho intramolecular Hbond substituents is 1. The second-order valence-corrected chi connectivity index (χ2v) is 7.71. The molecule has 6 heteroatoms. The highest BCUT2D eigenvalue weighted by Crippen LogP contribution is 2.24. The van der Waals surface area contributed by atoms with E-state index in [0.717, 1.165) is 35.7 Å². The predicted octanol–water partition coefficient (Wildman–Crippen LogP) is 3.44. The lowest BCUT2D eigenvalue weighted by atomic mass is 9.99. The number of para-hydroxylation sites is 1. The molecule has 0 saturated heterocycles. The standard InChI is InChI=1S/C23H25N3O3/c1-14(15-7-4-8-17(27)12-15)22(28)25-19-10-5-11-20(19)26-23(29)21-13-16-6-2-3-9-18(16)24-21/h2-4,6-9,12-14,19-20,24,27H,5,10-11H2,1H3,(H,25,28)(H,26,29)/t14?,19-,20+/m1/s1. The summed E-state index contributed by atoms with van der Waals surface area (Å²) >= 11 is 0. The summed E-state index contributed by atoms with van der Waals surface area (Å²) in [5, 5.41) is 16.8. The van der Waals surface area contributed by atoms with E-state index in [0.29, 0.717) is 5.69 Å². The van der Waals surface area contributed by atoms with Crippen molar-refractivity contribution in [3.05, 3.63) is 65.9 Å². The average Bonchev–Trinajstić information content (AvgIpc) is 3.34. The molecule has 3 aromatic rings. The van der Waals surface area contributed by atoms with Crippen molar-refractivity contribution >= 4 is 22.7 Å². The number of phenols is 1. The third kappa shape index (κ3) is 4.11. The zero-order valence-corrected chi connectivity index (χ0v) is 16.3. The quantitative estimate of drug-likeness (QED) is 0.537. The number of amides is 2. The number of aromatic nitrogens is 1. The molecule has 4 N–H and O–H groups in total. The van der Waals surface area contributed by atoms with Crippen LogP contribution in [0.15, 0.2) is 54.6 Å². The number of hydrogen-bond acceptors (Lipinski definition) is 3. The number of rotatable bonds is 5. The molecular formula is C23H25N3O3. The third-order valence-corrected chi connectivity index (χ3v) is 5.70. The Morgan fingerprint density at radius 3 is 2.55 bits per heavy atom. The summed E-state index contributed by atoms with van der Waals surface area (Å²) in [6.45, 7) is 1.82. The van der Waals surface area contributed by atoms with Crippen molar-refractivity contribution < 1.29 is 14.7 Å². The first-order valence-corrected chi connectivity index (χ1v) is 9.99. The van der Waals surface area contributed by atoms with Crippen LogP contribution in [0.3, 0.4) is 0 Å². The van der Waals surface area contributed by atoms with Crippen molar-refractivity contribution in [2.75, 3.05) is 0 Å². The van der Waals surface area contributed by atoms with E-state index in [1.54, 1.807) is 18.2 Å². The van der Waals surface area contributed by atoms with Crippen LogP contribution in [0.25, 0.3) is 10.9 Å². The lowest BCUT2D eigenvalue weighted by Crippen LogP contribution is -2.49. The molecule has 1 heterocycles. The predicted molar refractivity (Wildman–Crippen MR) is 112 cm³/mol. The van der Waals surface area contributed by atoms with Gasteiger partial charge in [0.15, 0.2) is 0 Å². The van der Waals surface area contributed by atoms with Gasteiger partial charge in [0, 0.05) is 23.0 Å². The van der Waals surface area contributed by atoms with Gasteiger partial charge in [-0.25, -0.2) is 0 Å². The highest BCUT2D eigenvalue weighted by atomic mass is 16.3. The van der Waals surface area contributed by atoms with Crippen molar-refractivity contribution in [3.8, 4) is 5.75 Å². The summed E-state index contributed by atoms with van der Waals surface area (Å²) in [6, 6.07) is 16.2. The van der Waals surface area contributed by atoms with Crippen LogP contribution < -0.4 is 10.6 Å². The van der Waals surface area contributed by atoms with E-state index in [9.17, 15) is 14.7 Å². The second-order valence-electron chi connectivity index (χ2n) is 7.71. The van der Waals surface area contributed by atoms with Crippen molar-refractivity contribution in [2.45, 2.75) is 44.2 Å². The van der Waals surface area contributed by atoms with Gasteiger partial charge in [-0.3, -0.25) is 9.59 Å². The Morgan fingerprint density at radius 1 is 1.03 bits per heavy atom. The van der Waals surface area contributed by atoms with Gasteiger partial charge in [-0.15, -0.1) is 0 Å². The Bertz CT molecular complexity index is 1010. The Morgan fingerprint density at radius 2 is 1.79 bits per heavy atom. The zero-order valence-electron chi connectivity index (χ0n) is 16.3. The van der Waals surface area contributed by atoms with Gasteiger partial charge in [0.25, 0.3) is 5.91 Å². The van der Waals surface area contributed by atoms with Gasteiger partial charge in [0.05, 0.1) is 5.92 Å². The van der Waals surface area contributed by atoms with Crippen LogP contribution in [0.2, 0.25) is 0 Å². The molecule has 29 heavy (non-hydrogen) atoms. The Labute approximate surface area is 169 Å². The smallest absolute Gasteiger partial charge is 0.268 e. The lowest BCUT2D eigenvalue weighted by Gasteiger charge is -2.24. The minimum atomic E-state index is -0.382. The maximum absolute atomic E-state index is 12.7. The van der Waals surface area contributed by atoms with Gasteiger partial charge in [-0.05, 0) is 56.0 Å². The number of carbonyl (C=O) groups is 2. The summed E-state index contributed by atoms with van der Waals surface area (Å²) < 4.78 is 0. The molecule has 4 rings (SSSR count). The maximum atomic E-state index is 12.7. The largest absolute Gasteiger partial charge is 0.508 e. The molecule has 0 aliphatic heterocycles. The Hall–Kier alpha value is -3.28. The first kappa shape index (κ1) is 19.1. The molecular weight excluding hydrogens is 366 g/mol. The van der Waals surface area contributed by atoms with Gasteiger partial charge in [0.1, 0.15) is 11.4 Å². The average molecular weight is 391 g/mol. The lowest BCUT2D eigenvalue weighted by molar-refractivity contribution is -0.123. The van der Waals surface area contributed by atoms with E-state index >= 15 is 0 Å². The number of carbonyl (C=O) groups excluding carboxylic acids is 2. The SMILES string of the molecule is CC(C(=O)N[C@@H]1CCC[C@@H]1NC(=O)c1cc2ccccc2[nH]1)c1cccc(O)c1. The Balaban J connectivity index is 1.40. The van der Waals surface area contributed by atoms with Gasteiger partial charge in [0.2, 0.25) is 5.91 Å². The van der Waals surface area contributed by atoms with Gasteiger partial charge >= 0.3 is 0 Å². The highest BCUT2D eigenvalue weighted by molar-refractivity contribution is 5.98. The van der Waals surface area contributed by atoms with Crippen LogP contribution in [0, 0.1) is 0 Å². The fourth-order valence-corrected chi connectivity index (χ4v) is 4.00. The van der Waals surface area contributed by atoms with Gasteiger partial charge in [-0.2, -0.15) is 0 Å². The topological polar surface area (TPSA) is 94.2 Å². The molecule has 0 spiro atoms. The van der Waals surface area contributed by atoms with E-state index in [-0.39, 0.29) is 35.6 Å². The molecule has 1 saturated carbocycles. The van der Waals surface area contributed by atoms with Crippen LogP contribution in [-0.4, -0.2) is 34.0 Å². The molecule has 1 fully saturated rings. The fourth-order valence-electron chi connectivity index (χ4n) is 4.00. The summed E-state index contributed by atoms with van der Waals surface area (Å²) in [7, 11) is 0. The summed E-state index contributed by atoms with van der Waals surface area (Å²) in [6.07, 6.45) is 2.61. The fraction of sp³-hybridized carbons (Fsp3) is 0.304. The van der Waals surface area contributed by atoms with Gasteiger partial charge in [-0.1, -0.05) is 30.3 Å². The van der Waals surface area contributed by atoms with Crippen LogP contribution in [-0.2, 0) is 4.79 Å². The zero-order chi connectivity index (χ0) is 20.4. The minimum absolute atomic E-state index is 0.101. The van der Waals surface area contributed by atoms with Crippen LogP contribution >= 0.6 is 0 Å². The molecule has 2 aromatic carbocycles. The summed E-state index contributed by atoms with van der Waals surface area (Å²) in [5.41, 5.74) is 2.21. The Kier molecular flexibility index (Phi) is 5.25. The number of aromatic hydroxyl groups is 1. The first-order valence-electron chi connectivity index (χ1n) is 9.99. The van der Waals surface area contributed by atoms with Crippen LogP contribution in [0.1, 0.15) is 48.2 Å².